The van der Waals surface area contributed by atoms with Gasteiger partial charge in [-0.25, -0.2) is 0 Å². The smallest absolute Gasteiger partial charge is 0.256 e. The molecule has 0 atom stereocenters. The molecule has 0 radical (unpaired) electrons. The first-order valence-corrected chi connectivity index (χ1v) is 13.0. The van der Waals surface area contributed by atoms with Gasteiger partial charge in [-0.2, -0.15) is 0 Å². The maximum atomic E-state index is 13.4. The quantitative estimate of drug-likeness (QED) is 0.636. The summed E-state index contributed by atoms with van der Waals surface area (Å²) in [5.74, 6) is -0.783. The first-order chi connectivity index (χ1) is 17.1. The summed E-state index contributed by atoms with van der Waals surface area (Å²) in [5, 5.41) is 6.09. The van der Waals surface area contributed by atoms with Crippen molar-refractivity contribution >= 4 is 11.8 Å². The number of carbonyl (C=O) groups excluding carboxylic acids is 2. The molecule has 35 heavy (non-hydrogen) atoms. The molecule has 1 saturated heterocycles. The van der Waals surface area contributed by atoms with Gasteiger partial charge in [0.1, 0.15) is 11.1 Å². The number of nitrogens with one attached hydrogen (secondary N) is 2. The van der Waals surface area contributed by atoms with Crippen LogP contribution >= 0.6 is 0 Å². The van der Waals surface area contributed by atoms with Crippen molar-refractivity contribution < 1.29 is 14.3 Å². The van der Waals surface area contributed by atoms with E-state index in [-0.39, 0.29) is 34.5 Å². The molecule has 1 aromatic carbocycles. The van der Waals surface area contributed by atoms with Crippen LogP contribution in [0.15, 0.2) is 47.5 Å². The minimum absolute atomic E-state index is 0.0449. The van der Waals surface area contributed by atoms with Crippen LogP contribution in [0.4, 0.5) is 0 Å². The molecule has 2 aromatic rings. The average Bonchev–Trinajstić information content (AvgIpc) is 3.75. The molecule has 1 aromatic heterocycles. The first-order valence-electron chi connectivity index (χ1n) is 13.0. The fourth-order valence-corrected chi connectivity index (χ4v) is 5.48. The molecule has 3 fully saturated rings. The zero-order chi connectivity index (χ0) is 24.3. The molecular weight excluding hydrogens is 442 g/mol. The second kappa shape index (κ2) is 10.4. The van der Waals surface area contributed by atoms with Gasteiger partial charge >= 0.3 is 0 Å². The highest BCUT2D eigenvalue weighted by molar-refractivity contribution is 5.99. The highest BCUT2D eigenvalue weighted by Crippen LogP contribution is 2.35. The number of ether oxygens (including phenoxy) is 1. The minimum Gasteiger partial charge on any atom is -0.381 e. The van der Waals surface area contributed by atoms with Gasteiger partial charge in [-0.05, 0) is 44.1 Å². The Kier molecular flexibility index (Phi) is 7.04. The molecule has 2 aliphatic carbocycles. The number of rotatable bonds is 7. The number of aromatic nitrogens is 1. The number of nitrogens with zero attached hydrogens (tertiary/aromatic N) is 1. The van der Waals surface area contributed by atoms with Gasteiger partial charge in [0.15, 0.2) is 0 Å². The van der Waals surface area contributed by atoms with Crippen molar-refractivity contribution in [2.45, 2.75) is 75.3 Å². The third-order valence-corrected chi connectivity index (χ3v) is 7.87. The third kappa shape index (κ3) is 5.35. The van der Waals surface area contributed by atoms with Crippen LogP contribution < -0.4 is 16.1 Å². The summed E-state index contributed by atoms with van der Waals surface area (Å²) in [7, 11) is 0. The van der Waals surface area contributed by atoms with Gasteiger partial charge in [0.2, 0.25) is 5.43 Å². The zero-order valence-corrected chi connectivity index (χ0v) is 20.3. The number of hydrogen-bond donors (Lipinski definition) is 2. The molecule has 7 nitrogen and oxygen atoms in total. The maximum absolute atomic E-state index is 13.4. The summed E-state index contributed by atoms with van der Waals surface area (Å²) in [6, 6.07) is 10.5. The molecule has 1 aliphatic heterocycles. The molecule has 2 saturated carbocycles. The number of benzene rings is 1. The number of hydrogen-bond acceptors (Lipinski definition) is 4. The summed E-state index contributed by atoms with van der Waals surface area (Å²) < 4.78 is 7.48. The molecule has 0 unspecified atom stereocenters. The lowest BCUT2D eigenvalue weighted by molar-refractivity contribution is 0.0487. The summed E-state index contributed by atoms with van der Waals surface area (Å²) in [6.45, 7) is 1.69. The number of amides is 2. The van der Waals surface area contributed by atoms with Gasteiger partial charge in [0.25, 0.3) is 11.8 Å². The Morgan fingerprint density at radius 3 is 2.23 bits per heavy atom. The van der Waals surface area contributed by atoms with Crippen molar-refractivity contribution in [2.24, 2.45) is 0 Å². The minimum atomic E-state index is -0.492. The average molecular weight is 478 g/mol. The Hall–Kier alpha value is -2.93. The van der Waals surface area contributed by atoms with Gasteiger partial charge < -0.3 is 19.9 Å². The SMILES string of the molecule is O=C(NCC1(c2ccccc2)CCOCC1)c1cn(C2CC2)cc(C(=O)NC2CCCCC2)c1=O. The summed E-state index contributed by atoms with van der Waals surface area (Å²) in [5.41, 5.74) is 0.552. The van der Waals surface area contributed by atoms with Crippen LogP contribution in [0.1, 0.15) is 90.1 Å². The standard InChI is InChI=1S/C28H35N3O4/c32-25-23(26(33)29-19-28(13-15-35-16-14-28)20-7-3-1-4-8-20)17-31(22-11-12-22)18-24(25)27(34)30-21-9-5-2-6-10-21/h1,3-4,7-8,17-18,21-22H,2,5-6,9-16,19H2,(H,29,33)(H,30,34). The molecule has 2 heterocycles. The van der Waals surface area contributed by atoms with E-state index in [1.165, 1.54) is 12.0 Å². The largest absolute Gasteiger partial charge is 0.381 e. The van der Waals surface area contributed by atoms with Crippen molar-refractivity contribution in [1.82, 2.24) is 15.2 Å². The highest BCUT2D eigenvalue weighted by atomic mass is 16.5. The maximum Gasteiger partial charge on any atom is 0.256 e. The topological polar surface area (TPSA) is 89.4 Å². The van der Waals surface area contributed by atoms with Gasteiger partial charge in [-0.15, -0.1) is 0 Å². The number of carbonyl (C=O) groups is 2. The lowest BCUT2D eigenvalue weighted by atomic mass is 9.74. The van der Waals surface area contributed by atoms with E-state index in [0.717, 1.165) is 51.4 Å². The van der Waals surface area contributed by atoms with Crippen LogP contribution in [-0.2, 0) is 10.2 Å². The predicted molar refractivity (Wildman–Crippen MR) is 134 cm³/mol. The van der Waals surface area contributed by atoms with E-state index in [1.54, 1.807) is 12.4 Å². The van der Waals surface area contributed by atoms with E-state index >= 15 is 0 Å². The van der Waals surface area contributed by atoms with E-state index < -0.39 is 11.3 Å². The van der Waals surface area contributed by atoms with Crippen LogP contribution in [0.25, 0.3) is 0 Å². The summed E-state index contributed by atoms with van der Waals surface area (Å²) in [6.07, 6.45) is 12.1. The van der Waals surface area contributed by atoms with Crippen LogP contribution in [0.2, 0.25) is 0 Å². The van der Waals surface area contributed by atoms with Crippen LogP contribution in [-0.4, -0.2) is 42.2 Å². The van der Waals surface area contributed by atoms with Crippen molar-refractivity contribution in [3.63, 3.8) is 0 Å². The van der Waals surface area contributed by atoms with Crippen LogP contribution in [0.3, 0.4) is 0 Å². The monoisotopic (exact) mass is 477 g/mol. The van der Waals surface area contributed by atoms with Crippen molar-refractivity contribution in [1.29, 1.82) is 0 Å². The zero-order valence-electron chi connectivity index (χ0n) is 20.3. The molecule has 2 N–H and O–H groups in total. The van der Waals surface area contributed by atoms with Gasteiger partial charge in [-0.1, -0.05) is 49.6 Å². The molecule has 2 amide bonds. The Balaban J connectivity index is 1.38. The second-order valence-corrected chi connectivity index (χ2v) is 10.3. The molecule has 186 valence electrons. The molecule has 3 aliphatic rings. The van der Waals surface area contributed by atoms with Gasteiger partial charge in [0.05, 0.1) is 0 Å². The Bertz CT molecular complexity index is 1110. The molecule has 7 heteroatoms. The highest BCUT2D eigenvalue weighted by Gasteiger charge is 2.35. The lowest BCUT2D eigenvalue weighted by Gasteiger charge is -2.38. The van der Waals surface area contributed by atoms with E-state index in [1.807, 2.05) is 22.8 Å². The van der Waals surface area contributed by atoms with Gasteiger partial charge in [0, 0.05) is 49.7 Å². The van der Waals surface area contributed by atoms with Crippen molar-refractivity contribution in [3.8, 4) is 0 Å². The lowest BCUT2D eigenvalue weighted by Crippen LogP contribution is -2.46. The van der Waals surface area contributed by atoms with E-state index in [4.69, 9.17) is 4.74 Å². The van der Waals surface area contributed by atoms with Crippen LogP contribution in [0.5, 0.6) is 0 Å². The van der Waals surface area contributed by atoms with Gasteiger partial charge in [-0.3, -0.25) is 14.4 Å². The predicted octanol–water partition coefficient (Wildman–Crippen LogP) is 3.72. The second-order valence-electron chi connectivity index (χ2n) is 10.3. The molecule has 5 rings (SSSR count). The van der Waals surface area contributed by atoms with E-state index in [2.05, 4.69) is 22.8 Å². The van der Waals surface area contributed by atoms with E-state index in [9.17, 15) is 14.4 Å². The Morgan fingerprint density at radius 2 is 1.57 bits per heavy atom. The summed E-state index contributed by atoms with van der Waals surface area (Å²) >= 11 is 0. The van der Waals surface area contributed by atoms with Crippen molar-refractivity contribution in [2.75, 3.05) is 19.8 Å². The first kappa shape index (κ1) is 23.8. The van der Waals surface area contributed by atoms with Crippen LogP contribution in [0, 0.1) is 0 Å². The number of pyridine rings is 1. The third-order valence-electron chi connectivity index (χ3n) is 7.87. The van der Waals surface area contributed by atoms with E-state index in [0.29, 0.717) is 19.8 Å². The molecule has 0 bridgehead atoms. The Labute approximate surface area is 206 Å². The van der Waals surface area contributed by atoms with Crippen molar-refractivity contribution in [3.05, 3.63) is 69.6 Å². The normalized spacial score (nSPS) is 20.2. The summed E-state index contributed by atoms with van der Waals surface area (Å²) in [4.78, 5) is 39.8. The molecular formula is C28H35N3O4. The molecule has 0 spiro atoms. The fraction of sp³-hybridized carbons (Fsp3) is 0.536. The fourth-order valence-electron chi connectivity index (χ4n) is 5.48. The Morgan fingerprint density at radius 1 is 0.914 bits per heavy atom.